The fourth-order valence-electron chi connectivity index (χ4n) is 4.61. The summed E-state index contributed by atoms with van der Waals surface area (Å²) < 4.78 is 17.7. The number of ether oxygens (including phenoxy) is 3. The highest BCUT2D eigenvalue weighted by molar-refractivity contribution is 6.30. The van der Waals surface area contributed by atoms with Gasteiger partial charge in [-0.25, -0.2) is 0 Å². The molecule has 7 heteroatoms. The maximum absolute atomic E-state index is 12.8. The first-order chi connectivity index (χ1) is 15.1. The van der Waals surface area contributed by atoms with Crippen molar-refractivity contribution in [2.45, 2.75) is 31.6 Å². The number of hydrogen-bond acceptors (Lipinski definition) is 5. The molecule has 0 spiro atoms. The topological polar surface area (TPSA) is 60.0 Å². The Morgan fingerprint density at radius 2 is 1.94 bits per heavy atom. The highest BCUT2D eigenvalue weighted by Gasteiger charge is 2.35. The summed E-state index contributed by atoms with van der Waals surface area (Å²) in [6.07, 6.45) is 2.12. The van der Waals surface area contributed by atoms with Crippen LogP contribution in [-0.4, -0.2) is 55.8 Å². The lowest BCUT2D eigenvalue weighted by atomic mass is 9.84. The predicted molar refractivity (Wildman–Crippen MR) is 118 cm³/mol. The van der Waals surface area contributed by atoms with Crippen LogP contribution in [0.1, 0.15) is 28.8 Å². The van der Waals surface area contributed by atoms with Gasteiger partial charge in [-0.05, 0) is 67.7 Å². The van der Waals surface area contributed by atoms with Gasteiger partial charge in [-0.3, -0.25) is 4.79 Å². The molecule has 0 saturated carbocycles. The second kappa shape index (κ2) is 9.07. The molecule has 31 heavy (non-hydrogen) atoms. The Labute approximate surface area is 187 Å². The van der Waals surface area contributed by atoms with E-state index in [1.165, 1.54) is 12.8 Å². The van der Waals surface area contributed by atoms with Crippen LogP contribution in [0.4, 0.5) is 0 Å². The molecule has 1 amide bonds. The van der Waals surface area contributed by atoms with E-state index < -0.39 is 0 Å². The molecule has 164 valence electrons. The summed E-state index contributed by atoms with van der Waals surface area (Å²) in [5.74, 6) is 1.79. The van der Waals surface area contributed by atoms with Crippen molar-refractivity contribution >= 4 is 17.5 Å². The third-order valence-corrected chi connectivity index (χ3v) is 6.63. The van der Waals surface area contributed by atoms with Crippen LogP contribution < -0.4 is 14.8 Å². The predicted octanol–water partition coefficient (Wildman–Crippen LogP) is 3.52. The van der Waals surface area contributed by atoms with Gasteiger partial charge in [0.25, 0.3) is 5.91 Å². The molecule has 0 unspecified atom stereocenters. The van der Waals surface area contributed by atoms with Gasteiger partial charge < -0.3 is 24.4 Å². The summed E-state index contributed by atoms with van der Waals surface area (Å²) in [4.78, 5) is 15.3. The second-order valence-corrected chi connectivity index (χ2v) is 9.01. The van der Waals surface area contributed by atoms with E-state index in [-0.39, 0.29) is 18.1 Å². The van der Waals surface area contributed by atoms with E-state index in [1.807, 2.05) is 30.3 Å². The van der Waals surface area contributed by atoms with Crippen molar-refractivity contribution in [2.24, 2.45) is 5.92 Å². The number of nitrogens with zero attached hydrogens (tertiary/aromatic N) is 1. The van der Waals surface area contributed by atoms with Crippen LogP contribution in [0.15, 0.2) is 42.5 Å². The number of carbonyl (C=O) groups is 1. The Morgan fingerprint density at radius 1 is 1.13 bits per heavy atom. The van der Waals surface area contributed by atoms with Crippen LogP contribution in [-0.2, 0) is 11.3 Å². The van der Waals surface area contributed by atoms with E-state index in [4.69, 9.17) is 25.8 Å². The lowest BCUT2D eigenvalue weighted by Crippen LogP contribution is -2.57. The van der Waals surface area contributed by atoms with Gasteiger partial charge in [0.05, 0.1) is 13.2 Å². The Hall–Kier alpha value is -2.28. The Kier molecular flexibility index (Phi) is 6.03. The van der Waals surface area contributed by atoms with Gasteiger partial charge in [-0.2, -0.15) is 0 Å². The number of halogens is 1. The fourth-order valence-corrected chi connectivity index (χ4v) is 4.73. The van der Waals surface area contributed by atoms with Crippen molar-refractivity contribution in [3.8, 4) is 11.5 Å². The van der Waals surface area contributed by atoms with Crippen molar-refractivity contribution in [3.63, 3.8) is 0 Å². The average Bonchev–Trinajstić information content (AvgIpc) is 2.81. The summed E-state index contributed by atoms with van der Waals surface area (Å²) in [6, 6.07) is 13.2. The average molecular weight is 443 g/mol. The number of fused-ring (bicyclic) bond motifs is 4. The van der Waals surface area contributed by atoms with Crippen LogP contribution in [0.3, 0.4) is 0 Å². The van der Waals surface area contributed by atoms with Gasteiger partial charge in [0.15, 0.2) is 17.6 Å². The third kappa shape index (κ3) is 4.81. The molecule has 2 bridgehead atoms. The molecule has 4 aliphatic rings. The Bertz CT molecular complexity index is 928. The molecule has 0 radical (unpaired) electrons. The van der Waals surface area contributed by atoms with Crippen LogP contribution in [0, 0.1) is 5.92 Å². The van der Waals surface area contributed by atoms with Crippen molar-refractivity contribution < 1.29 is 19.0 Å². The van der Waals surface area contributed by atoms with Crippen LogP contribution >= 0.6 is 11.6 Å². The number of rotatable bonds is 6. The summed E-state index contributed by atoms with van der Waals surface area (Å²) >= 11 is 5.91. The SMILES string of the molecule is O=C(N[C@H]1CN2CCC1CC2)c1ccc2c(c1)O[C@H](COCc1ccc(Cl)cc1)CO2. The fraction of sp³-hybridized carbons (Fsp3) is 0.458. The van der Waals surface area contributed by atoms with E-state index in [9.17, 15) is 4.79 Å². The zero-order valence-corrected chi connectivity index (χ0v) is 18.1. The van der Waals surface area contributed by atoms with Gasteiger partial charge in [0.1, 0.15) is 6.61 Å². The number of amides is 1. The molecule has 3 saturated heterocycles. The molecule has 1 N–H and O–H groups in total. The van der Waals surface area contributed by atoms with Crippen molar-refractivity contribution in [3.05, 3.63) is 58.6 Å². The molecule has 2 aromatic rings. The molecule has 2 aromatic carbocycles. The molecule has 3 fully saturated rings. The van der Waals surface area contributed by atoms with E-state index in [0.29, 0.717) is 47.8 Å². The third-order valence-electron chi connectivity index (χ3n) is 6.38. The van der Waals surface area contributed by atoms with E-state index >= 15 is 0 Å². The highest BCUT2D eigenvalue weighted by Crippen LogP contribution is 2.33. The smallest absolute Gasteiger partial charge is 0.251 e. The molecule has 6 nitrogen and oxygen atoms in total. The lowest BCUT2D eigenvalue weighted by molar-refractivity contribution is 0.00266. The molecular weight excluding hydrogens is 416 g/mol. The maximum Gasteiger partial charge on any atom is 0.251 e. The first-order valence-electron chi connectivity index (χ1n) is 10.9. The quantitative estimate of drug-likeness (QED) is 0.741. The molecule has 4 aliphatic heterocycles. The monoisotopic (exact) mass is 442 g/mol. The zero-order chi connectivity index (χ0) is 21.2. The summed E-state index contributed by atoms with van der Waals surface area (Å²) in [7, 11) is 0. The van der Waals surface area contributed by atoms with Gasteiger partial charge in [-0.15, -0.1) is 0 Å². The van der Waals surface area contributed by atoms with Crippen LogP contribution in [0.2, 0.25) is 5.02 Å². The second-order valence-electron chi connectivity index (χ2n) is 8.57. The summed E-state index contributed by atoms with van der Waals surface area (Å²) in [5.41, 5.74) is 1.65. The number of hydrogen-bond donors (Lipinski definition) is 1. The van der Waals surface area contributed by atoms with Crippen LogP contribution in [0.25, 0.3) is 0 Å². The van der Waals surface area contributed by atoms with Gasteiger partial charge >= 0.3 is 0 Å². The summed E-state index contributed by atoms with van der Waals surface area (Å²) in [5, 5.41) is 3.94. The van der Waals surface area contributed by atoms with Crippen molar-refractivity contribution in [1.82, 2.24) is 10.2 Å². The number of carbonyl (C=O) groups excluding carboxylic acids is 1. The van der Waals surface area contributed by atoms with Crippen LogP contribution in [0.5, 0.6) is 11.5 Å². The zero-order valence-electron chi connectivity index (χ0n) is 17.4. The molecule has 2 atom stereocenters. The van der Waals surface area contributed by atoms with E-state index in [2.05, 4.69) is 10.2 Å². The van der Waals surface area contributed by atoms with Crippen molar-refractivity contribution in [2.75, 3.05) is 32.8 Å². The van der Waals surface area contributed by atoms with Gasteiger partial charge in [-0.1, -0.05) is 23.7 Å². The maximum atomic E-state index is 12.8. The molecule has 4 heterocycles. The largest absolute Gasteiger partial charge is 0.486 e. The van der Waals surface area contributed by atoms with E-state index in [0.717, 1.165) is 25.2 Å². The molecule has 6 rings (SSSR count). The standard InChI is InChI=1S/C24H27ClN2O4/c25-19-4-1-16(2-5-19)13-29-14-20-15-30-22-6-3-18(11-23(22)31-20)24(28)26-21-12-27-9-7-17(21)8-10-27/h1-6,11,17,20-21H,7-10,12-15H2,(H,26,28)/t20-,21+/m1/s1. The minimum Gasteiger partial charge on any atom is -0.486 e. The molecule has 0 aromatic heterocycles. The van der Waals surface area contributed by atoms with Gasteiger partial charge in [0, 0.05) is 23.2 Å². The Balaban J connectivity index is 1.16. The van der Waals surface area contributed by atoms with E-state index in [1.54, 1.807) is 12.1 Å². The minimum absolute atomic E-state index is 0.0498. The molecular formula is C24H27ClN2O4. The minimum atomic E-state index is -0.222. The van der Waals surface area contributed by atoms with Gasteiger partial charge in [0.2, 0.25) is 0 Å². The first-order valence-corrected chi connectivity index (χ1v) is 11.3. The number of nitrogens with one attached hydrogen (secondary N) is 1. The highest BCUT2D eigenvalue weighted by atomic mass is 35.5. The lowest BCUT2D eigenvalue weighted by Gasteiger charge is -2.44. The Morgan fingerprint density at radius 3 is 2.68 bits per heavy atom. The normalized spacial score (nSPS) is 26.5. The number of piperidine rings is 3. The first kappa shape index (κ1) is 20.6. The molecule has 0 aliphatic carbocycles. The summed E-state index contributed by atoms with van der Waals surface area (Å²) in [6.45, 7) is 4.56. The van der Waals surface area contributed by atoms with Crippen molar-refractivity contribution in [1.29, 1.82) is 0 Å². The number of benzene rings is 2.